The van der Waals surface area contributed by atoms with Gasteiger partial charge in [-0.3, -0.25) is 4.79 Å². The van der Waals surface area contributed by atoms with Crippen LogP contribution in [0, 0.1) is 0 Å². The first-order valence-electron chi connectivity index (χ1n) is 4.29. The van der Waals surface area contributed by atoms with Crippen LogP contribution in [0.5, 0.6) is 0 Å². The van der Waals surface area contributed by atoms with Crippen molar-refractivity contribution < 1.29 is 4.79 Å². The Kier molecular flexibility index (Phi) is 3.08. The molecule has 0 aromatic carbocycles. The number of hydrogen-bond donors (Lipinski definition) is 0. The largest absolute Gasteiger partial charge is 0.290 e. The lowest BCUT2D eigenvalue weighted by atomic mass is 10.1. The highest BCUT2D eigenvalue weighted by Gasteiger charge is 2.10. The average Bonchev–Trinajstić information content (AvgIpc) is 2.65. The summed E-state index contributed by atoms with van der Waals surface area (Å²) in [5.41, 5.74) is 0.905. The van der Waals surface area contributed by atoms with Crippen molar-refractivity contribution in [1.82, 2.24) is 9.97 Å². The molecular formula is C10H7ClN2OS. The highest BCUT2D eigenvalue weighted by Crippen LogP contribution is 2.20. The van der Waals surface area contributed by atoms with E-state index in [9.17, 15) is 4.79 Å². The molecule has 5 heteroatoms. The van der Waals surface area contributed by atoms with Crippen molar-refractivity contribution in [2.75, 3.05) is 0 Å². The zero-order chi connectivity index (χ0) is 10.7. The molecule has 15 heavy (non-hydrogen) atoms. The van der Waals surface area contributed by atoms with Gasteiger partial charge in [-0.2, -0.15) is 0 Å². The van der Waals surface area contributed by atoms with Gasteiger partial charge in [0.15, 0.2) is 5.82 Å². The van der Waals surface area contributed by atoms with Crippen molar-refractivity contribution in [2.24, 2.45) is 0 Å². The SMILES string of the molecule is O=C(Cc1csc(Cl)c1)c1ncccn1. The molecule has 0 amide bonds. The monoisotopic (exact) mass is 238 g/mol. The fraction of sp³-hybridized carbons (Fsp3) is 0.100. The molecule has 0 unspecified atom stereocenters. The van der Waals surface area contributed by atoms with Gasteiger partial charge in [-0.05, 0) is 23.1 Å². The summed E-state index contributed by atoms with van der Waals surface area (Å²) in [4.78, 5) is 19.4. The van der Waals surface area contributed by atoms with E-state index in [0.717, 1.165) is 5.56 Å². The van der Waals surface area contributed by atoms with E-state index >= 15 is 0 Å². The van der Waals surface area contributed by atoms with E-state index in [1.165, 1.54) is 11.3 Å². The van der Waals surface area contributed by atoms with Gasteiger partial charge in [0, 0.05) is 18.8 Å². The molecule has 0 aliphatic rings. The van der Waals surface area contributed by atoms with E-state index in [-0.39, 0.29) is 11.6 Å². The van der Waals surface area contributed by atoms with Crippen LogP contribution in [0.4, 0.5) is 0 Å². The number of nitrogens with zero attached hydrogens (tertiary/aromatic N) is 2. The Balaban J connectivity index is 2.11. The van der Waals surface area contributed by atoms with E-state index in [0.29, 0.717) is 10.8 Å². The van der Waals surface area contributed by atoms with E-state index < -0.39 is 0 Å². The summed E-state index contributed by atoms with van der Waals surface area (Å²) >= 11 is 7.18. The molecule has 0 aliphatic heterocycles. The first kappa shape index (κ1) is 10.3. The Labute approximate surface area is 95.8 Å². The molecule has 2 aromatic heterocycles. The zero-order valence-corrected chi connectivity index (χ0v) is 9.26. The smallest absolute Gasteiger partial charge is 0.204 e. The molecule has 0 radical (unpaired) electrons. The van der Waals surface area contributed by atoms with Crippen molar-refractivity contribution in [3.63, 3.8) is 0 Å². The molecule has 2 heterocycles. The maximum atomic E-state index is 11.7. The second-order valence-corrected chi connectivity index (χ2v) is 4.47. The second-order valence-electron chi connectivity index (χ2n) is 2.93. The van der Waals surface area contributed by atoms with Crippen molar-refractivity contribution in [3.05, 3.63) is 45.6 Å². The summed E-state index contributed by atoms with van der Waals surface area (Å²) < 4.78 is 0.687. The molecule has 2 rings (SSSR count). The first-order chi connectivity index (χ1) is 7.25. The van der Waals surface area contributed by atoms with Gasteiger partial charge in [0.1, 0.15) is 0 Å². The lowest BCUT2D eigenvalue weighted by Gasteiger charge is -1.95. The highest BCUT2D eigenvalue weighted by molar-refractivity contribution is 7.14. The van der Waals surface area contributed by atoms with E-state index in [1.807, 2.05) is 5.38 Å². The number of rotatable bonds is 3. The van der Waals surface area contributed by atoms with Gasteiger partial charge in [0.2, 0.25) is 5.78 Å². The molecule has 0 saturated heterocycles. The van der Waals surface area contributed by atoms with Crippen LogP contribution in [0.3, 0.4) is 0 Å². The summed E-state index contributed by atoms with van der Waals surface area (Å²) in [6, 6.07) is 3.46. The quantitative estimate of drug-likeness (QED) is 0.772. The van der Waals surface area contributed by atoms with Crippen molar-refractivity contribution in [3.8, 4) is 0 Å². The summed E-state index contributed by atoms with van der Waals surface area (Å²) in [5, 5.41) is 1.86. The maximum absolute atomic E-state index is 11.7. The van der Waals surface area contributed by atoms with Gasteiger partial charge in [0.25, 0.3) is 0 Å². The molecule has 2 aromatic rings. The van der Waals surface area contributed by atoms with Crippen molar-refractivity contribution in [1.29, 1.82) is 0 Å². The van der Waals surface area contributed by atoms with Gasteiger partial charge in [-0.15, -0.1) is 11.3 Å². The third-order valence-electron chi connectivity index (χ3n) is 1.80. The Morgan fingerprint density at radius 1 is 1.40 bits per heavy atom. The first-order valence-corrected chi connectivity index (χ1v) is 5.54. The number of thiophene rings is 1. The van der Waals surface area contributed by atoms with Crippen LogP contribution >= 0.6 is 22.9 Å². The number of Topliss-reactive ketones (excluding diaryl/α,β-unsaturated/α-hetero) is 1. The van der Waals surface area contributed by atoms with Crippen molar-refractivity contribution >= 4 is 28.7 Å². The highest BCUT2D eigenvalue weighted by atomic mass is 35.5. The summed E-state index contributed by atoms with van der Waals surface area (Å²) in [6.07, 6.45) is 3.41. The fourth-order valence-electron chi connectivity index (χ4n) is 1.15. The summed E-state index contributed by atoms with van der Waals surface area (Å²) in [6.45, 7) is 0. The van der Waals surface area contributed by atoms with Gasteiger partial charge < -0.3 is 0 Å². The predicted molar refractivity (Wildman–Crippen MR) is 59.4 cm³/mol. The lowest BCUT2D eigenvalue weighted by Crippen LogP contribution is -2.07. The summed E-state index contributed by atoms with van der Waals surface area (Å²) in [7, 11) is 0. The van der Waals surface area contributed by atoms with Crippen LogP contribution in [-0.4, -0.2) is 15.8 Å². The fourth-order valence-corrected chi connectivity index (χ4v) is 2.05. The number of hydrogen-bond acceptors (Lipinski definition) is 4. The van der Waals surface area contributed by atoms with Crippen LogP contribution < -0.4 is 0 Å². The topological polar surface area (TPSA) is 42.9 Å². The molecule has 0 aliphatic carbocycles. The lowest BCUT2D eigenvalue weighted by molar-refractivity contribution is 0.0983. The third kappa shape index (κ3) is 2.61. The molecule has 0 atom stereocenters. The maximum Gasteiger partial charge on any atom is 0.204 e. The zero-order valence-electron chi connectivity index (χ0n) is 7.68. The Morgan fingerprint density at radius 3 is 2.73 bits per heavy atom. The van der Waals surface area contributed by atoms with E-state index in [4.69, 9.17) is 11.6 Å². The average molecular weight is 239 g/mol. The minimum Gasteiger partial charge on any atom is -0.290 e. The number of halogens is 1. The third-order valence-corrected chi connectivity index (χ3v) is 2.94. The Hall–Kier alpha value is -1.26. The van der Waals surface area contributed by atoms with Crippen LogP contribution in [-0.2, 0) is 6.42 Å². The van der Waals surface area contributed by atoms with Gasteiger partial charge in [0.05, 0.1) is 4.34 Å². The van der Waals surface area contributed by atoms with Gasteiger partial charge in [-0.1, -0.05) is 11.6 Å². The molecule has 76 valence electrons. The van der Waals surface area contributed by atoms with E-state index in [1.54, 1.807) is 24.5 Å². The Morgan fingerprint density at radius 2 is 2.13 bits per heavy atom. The van der Waals surface area contributed by atoms with Crippen molar-refractivity contribution in [2.45, 2.75) is 6.42 Å². The predicted octanol–water partition coefficient (Wildman–Crippen LogP) is 2.62. The molecule has 0 bridgehead atoms. The second kappa shape index (κ2) is 4.51. The van der Waals surface area contributed by atoms with E-state index in [2.05, 4.69) is 9.97 Å². The number of carbonyl (C=O) groups is 1. The number of ketones is 1. The van der Waals surface area contributed by atoms with Crippen LogP contribution in [0.25, 0.3) is 0 Å². The molecular weight excluding hydrogens is 232 g/mol. The molecule has 0 saturated carbocycles. The van der Waals surface area contributed by atoms with Crippen LogP contribution in [0.15, 0.2) is 29.9 Å². The minimum atomic E-state index is -0.0925. The van der Waals surface area contributed by atoms with Gasteiger partial charge in [-0.25, -0.2) is 9.97 Å². The van der Waals surface area contributed by atoms with Gasteiger partial charge >= 0.3 is 0 Å². The number of carbonyl (C=O) groups excluding carboxylic acids is 1. The standard InChI is InChI=1S/C10H7ClN2OS/c11-9-5-7(6-15-9)4-8(14)10-12-2-1-3-13-10/h1-3,5-6H,4H2. The molecule has 0 fully saturated rings. The normalized spacial score (nSPS) is 10.2. The number of aromatic nitrogens is 2. The summed E-state index contributed by atoms with van der Waals surface area (Å²) in [5.74, 6) is 0.157. The Bertz CT molecular complexity index is 469. The minimum absolute atomic E-state index is 0.0925. The molecule has 3 nitrogen and oxygen atoms in total. The molecule has 0 N–H and O–H groups in total. The van der Waals surface area contributed by atoms with Crippen LogP contribution in [0.2, 0.25) is 4.34 Å². The molecule has 0 spiro atoms. The van der Waals surface area contributed by atoms with Crippen LogP contribution in [0.1, 0.15) is 16.2 Å².